The van der Waals surface area contributed by atoms with E-state index in [1.165, 1.54) is 22.5 Å². The van der Waals surface area contributed by atoms with E-state index in [0.29, 0.717) is 18.7 Å². The van der Waals surface area contributed by atoms with Crippen LogP contribution < -0.4 is 0 Å². The van der Waals surface area contributed by atoms with Gasteiger partial charge in [-0.3, -0.25) is 0 Å². The van der Waals surface area contributed by atoms with Crippen molar-refractivity contribution in [3.63, 3.8) is 0 Å². The molecule has 1 aromatic rings. The Kier molecular flexibility index (Phi) is 3.07. The maximum absolute atomic E-state index is 12.6. The van der Waals surface area contributed by atoms with Gasteiger partial charge in [-0.1, -0.05) is 6.07 Å². The highest BCUT2D eigenvalue weighted by Gasteiger charge is 2.50. The van der Waals surface area contributed by atoms with Gasteiger partial charge < -0.3 is 9.84 Å². The van der Waals surface area contributed by atoms with Crippen LogP contribution in [0.4, 0.5) is 0 Å². The zero-order valence-electron chi connectivity index (χ0n) is 10.9. The first-order valence-electron chi connectivity index (χ1n) is 6.38. The average molecular weight is 297 g/mol. The molecule has 0 bridgehead atoms. The number of hydrogen-bond donors (Lipinski definition) is 1. The summed E-state index contributed by atoms with van der Waals surface area (Å²) in [6.45, 7) is 2.35. The van der Waals surface area contributed by atoms with Gasteiger partial charge in [0, 0.05) is 6.54 Å². The molecule has 1 N–H and O–H groups in total. The van der Waals surface area contributed by atoms with Crippen LogP contribution in [0.3, 0.4) is 0 Å². The molecule has 20 heavy (non-hydrogen) atoms. The number of ether oxygens (including phenoxy) is 1. The van der Waals surface area contributed by atoms with E-state index in [1.54, 1.807) is 6.92 Å². The predicted octanol–water partition coefficient (Wildman–Crippen LogP) is 0.855. The smallest absolute Gasteiger partial charge is 0.335 e. The van der Waals surface area contributed by atoms with E-state index in [4.69, 9.17) is 9.84 Å². The van der Waals surface area contributed by atoms with Gasteiger partial charge in [-0.2, -0.15) is 4.31 Å². The number of fused-ring (bicyclic) bond motifs is 1. The largest absolute Gasteiger partial charge is 0.478 e. The Balaban J connectivity index is 1.99. The summed E-state index contributed by atoms with van der Waals surface area (Å²) < 4.78 is 32.0. The number of nitrogens with zero attached hydrogens (tertiary/aromatic N) is 1. The zero-order valence-corrected chi connectivity index (χ0v) is 11.8. The fraction of sp³-hybridized carbons (Fsp3) is 0.462. The summed E-state index contributed by atoms with van der Waals surface area (Å²) in [5.41, 5.74) is 0.564. The molecule has 0 amide bonds. The van der Waals surface area contributed by atoms with Gasteiger partial charge in [0.25, 0.3) is 0 Å². The number of carboxylic acids is 1. The van der Waals surface area contributed by atoms with Crippen LogP contribution in [0.2, 0.25) is 0 Å². The van der Waals surface area contributed by atoms with Crippen molar-refractivity contribution >= 4 is 16.0 Å². The lowest BCUT2D eigenvalue weighted by Crippen LogP contribution is -2.41. The van der Waals surface area contributed by atoms with Gasteiger partial charge in [0.05, 0.1) is 29.2 Å². The lowest BCUT2D eigenvalue weighted by molar-refractivity contribution is 0.0623. The van der Waals surface area contributed by atoms with Gasteiger partial charge in [-0.05, 0) is 31.0 Å². The Morgan fingerprint density at radius 2 is 2.20 bits per heavy atom. The Morgan fingerprint density at radius 3 is 2.90 bits per heavy atom. The van der Waals surface area contributed by atoms with Crippen LogP contribution in [0, 0.1) is 6.92 Å². The minimum atomic E-state index is -3.65. The molecule has 108 valence electrons. The predicted molar refractivity (Wildman–Crippen MR) is 70.2 cm³/mol. The number of morpholine rings is 1. The Labute approximate surface area is 117 Å². The number of carboxylic acid groups (broad SMARTS) is 1. The standard InChI is InChI=1S/C13H15NO5S/c1-8-2-3-9(6-10(8)13(15)16)20(17,18)14-4-5-19-12-7-11(12)14/h2-3,6,11-12H,4-5,7H2,1H3,(H,15,16). The summed E-state index contributed by atoms with van der Waals surface area (Å²) in [7, 11) is -3.65. The highest BCUT2D eigenvalue weighted by atomic mass is 32.2. The van der Waals surface area contributed by atoms with E-state index in [1.807, 2.05) is 0 Å². The number of sulfonamides is 1. The van der Waals surface area contributed by atoms with Crippen molar-refractivity contribution in [1.29, 1.82) is 0 Å². The van der Waals surface area contributed by atoms with E-state index < -0.39 is 16.0 Å². The highest BCUT2D eigenvalue weighted by molar-refractivity contribution is 7.89. The summed E-state index contributed by atoms with van der Waals surface area (Å²) in [5, 5.41) is 9.10. The molecule has 1 saturated heterocycles. The fourth-order valence-electron chi connectivity index (χ4n) is 2.53. The van der Waals surface area contributed by atoms with Gasteiger partial charge in [-0.15, -0.1) is 0 Å². The highest BCUT2D eigenvalue weighted by Crippen LogP contribution is 2.38. The quantitative estimate of drug-likeness (QED) is 0.894. The third kappa shape index (κ3) is 2.11. The average Bonchev–Trinajstić information content (AvgIpc) is 3.17. The molecule has 2 aliphatic rings. The molecule has 0 aromatic heterocycles. The molecule has 1 heterocycles. The maximum Gasteiger partial charge on any atom is 0.335 e. The van der Waals surface area contributed by atoms with Crippen molar-refractivity contribution in [1.82, 2.24) is 4.31 Å². The van der Waals surface area contributed by atoms with Crippen LogP contribution in [0.25, 0.3) is 0 Å². The van der Waals surface area contributed by atoms with Gasteiger partial charge in [-0.25, -0.2) is 13.2 Å². The third-order valence-corrected chi connectivity index (χ3v) is 5.68. The Morgan fingerprint density at radius 1 is 1.45 bits per heavy atom. The molecular weight excluding hydrogens is 282 g/mol. The first-order valence-corrected chi connectivity index (χ1v) is 7.82. The molecule has 0 radical (unpaired) electrons. The molecule has 7 heteroatoms. The second kappa shape index (κ2) is 4.54. The number of aryl methyl sites for hydroxylation is 1. The number of rotatable bonds is 3. The second-order valence-electron chi connectivity index (χ2n) is 5.11. The summed E-state index contributed by atoms with van der Waals surface area (Å²) in [5.74, 6) is -1.12. The van der Waals surface area contributed by atoms with Crippen molar-refractivity contribution in [3.05, 3.63) is 29.3 Å². The lowest BCUT2D eigenvalue weighted by Gasteiger charge is -2.26. The summed E-state index contributed by atoms with van der Waals surface area (Å²) in [6, 6.07) is 4.13. The Hall–Kier alpha value is -1.44. The van der Waals surface area contributed by atoms with Crippen molar-refractivity contribution in [2.24, 2.45) is 0 Å². The van der Waals surface area contributed by atoms with Gasteiger partial charge in [0.2, 0.25) is 10.0 Å². The van der Waals surface area contributed by atoms with E-state index in [-0.39, 0.29) is 22.6 Å². The minimum absolute atomic E-state index is 0.00270. The van der Waals surface area contributed by atoms with Crippen LogP contribution in [0.5, 0.6) is 0 Å². The molecule has 1 saturated carbocycles. The lowest BCUT2D eigenvalue weighted by atomic mass is 10.1. The monoisotopic (exact) mass is 297 g/mol. The molecule has 2 unspecified atom stereocenters. The van der Waals surface area contributed by atoms with E-state index in [2.05, 4.69) is 0 Å². The molecule has 2 fully saturated rings. The van der Waals surface area contributed by atoms with Crippen molar-refractivity contribution < 1.29 is 23.1 Å². The van der Waals surface area contributed by atoms with E-state index in [0.717, 1.165) is 6.42 Å². The van der Waals surface area contributed by atoms with Crippen molar-refractivity contribution in [2.75, 3.05) is 13.2 Å². The zero-order chi connectivity index (χ0) is 14.5. The Bertz CT molecular complexity index is 669. The molecule has 0 spiro atoms. The molecule has 1 aliphatic carbocycles. The fourth-order valence-corrected chi connectivity index (χ4v) is 4.20. The van der Waals surface area contributed by atoms with Crippen LogP contribution in [-0.2, 0) is 14.8 Å². The van der Waals surface area contributed by atoms with Crippen LogP contribution >= 0.6 is 0 Å². The van der Waals surface area contributed by atoms with Crippen molar-refractivity contribution in [2.45, 2.75) is 30.4 Å². The molecule has 6 nitrogen and oxygen atoms in total. The summed E-state index contributed by atoms with van der Waals surface area (Å²) in [4.78, 5) is 11.2. The number of benzene rings is 1. The summed E-state index contributed by atoms with van der Waals surface area (Å²) >= 11 is 0. The minimum Gasteiger partial charge on any atom is -0.478 e. The molecule has 2 atom stereocenters. The normalized spacial score (nSPS) is 26.1. The number of aromatic carboxylic acids is 1. The molecular formula is C13H15NO5S. The van der Waals surface area contributed by atoms with Crippen LogP contribution in [0.1, 0.15) is 22.3 Å². The van der Waals surface area contributed by atoms with Crippen molar-refractivity contribution in [3.8, 4) is 0 Å². The molecule has 1 aromatic carbocycles. The topological polar surface area (TPSA) is 83.9 Å². The second-order valence-corrected chi connectivity index (χ2v) is 7.00. The molecule has 3 rings (SSSR count). The first-order chi connectivity index (χ1) is 9.41. The van der Waals surface area contributed by atoms with Gasteiger partial charge in [0.1, 0.15) is 0 Å². The van der Waals surface area contributed by atoms with E-state index >= 15 is 0 Å². The number of carbonyl (C=O) groups is 1. The SMILES string of the molecule is Cc1ccc(S(=O)(=O)N2CCOC3CC32)cc1C(=O)O. The summed E-state index contributed by atoms with van der Waals surface area (Å²) in [6.07, 6.45) is 0.722. The molecule has 1 aliphatic heterocycles. The van der Waals surface area contributed by atoms with Gasteiger partial charge >= 0.3 is 5.97 Å². The van der Waals surface area contributed by atoms with Gasteiger partial charge in [0.15, 0.2) is 0 Å². The first kappa shape index (κ1) is 13.5. The third-order valence-electron chi connectivity index (χ3n) is 3.76. The number of hydrogen-bond acceptors (Lipinski definition) is 4. The maximum atomic E-state index is 12.6. The van der Waals surface area contributed by atoms with E-state index in [9.17, 15) is 13.2 Å². The van der Waals surface area contributed by atoms with Crippen LogP contribution in [0.15, 0.2) is 23.1 Å². The van der Waals surface area contributed by atoms with Crippen LogP contribution in [-0.4, -0.2) is 49.1 Å².